The van der Waals surface area contributed by atoms with Gasteiger partial charge in [-0.25, -0.2) is 4.79 Å². The van der Waals surface area contributed by atoms with E-state index >= 15 is 0 Å². The molecule has 1 aromatic rings. The summed E-state index contributed by atoms with van der Waals surface area (Å²) < 4.78 is 13.4. The van der Waals surface area contributed by atoms with Crippen LogP contribution in [0.5, 0.6) is 0 Å². The van der Waals surface area contributed by atoms with Crippen molar-refractivity contribution in [3.8, 4) is 0 Å². The Morgan fingerprint density at radius 1 is 1.19 bits per heavy atom. The van der Waals surface area contributed by atoms with E-state index in [1.165, 1.54) is 4.57 Å². The van der Waals surface area contributed by atoms with Crippen LogP contribution in [-0.2, 0) is 14.7 Å². The molecular formula is C15H24BNO4. The molecule has 1 fully saturated rings. The highest BCUT2D eigenvalue weighted by Gasteiger charge is 2.53. The standard InChI is InChI=1S/C15H24BNO4/c1-13(2,3)11-10(8-9-17(11)12(18)19)16-20-14(4,5)15(6,7)21-16/h8-9H,1-7H3,(H,18,19). The second kappa shape index (κ2) is 4.61. The Balaban J connectivity index is 2.50. The molecule has 0 radical (unpaired) electrons. The first-order chi connectivity index (χ1) is 9.37. The van der Waals surface area contributed by atoms with Crippen LogP contribution in [0.25, 0.3) is 0 Å². The zero-order valence-electron chi connectivity index (χ0n) is 13.9. The van der Waals surface area contributed by atoms with Crippen LogP contribution >= 0.6 is 0 Å². The van der Waals surface area contributed by atoms with Crippen LogP contribution in [0.3, 0.4) is 0 Å². The number of rotatable bonds is 1. The first-order valence-electron chi connectivity index (χ1n) is 7.17. The molecule has 1 N–H and O–H groups in total. The SMILES string of the molecule is CC(C)(C)c1c(B2OC(C)(C)C(C)(C)O2)ccn1C(=O)O. The molecule has 0 bridgehead atoms. The molecule has 0 spiro atoms. The Kier molecular flexibility index (Phi) is 3.54. The summed E-state index contributed by atoms with van der Waals surface area (Å²) in [6.07, 6.45) is 0.561. The molecule has 1 aliphatic rings. The van der Waals surface area contributed by atoms with Gasteiger partial charge in [-0.3, -0.25) is 4.57 Å². The van der Waals surface area contributed by atoms with Gasteiger partial charge in [0.25, 0.3) is 0 Å². The third kappa shape index (κ3) is 2.62. The fourth-order valence-corrected chi connectivity index (χ4v) is 2.56. The number of nitrogens with zero attached hydrogens (tertiary/aromatic N) is 1. The molecule has 6 heteroatoms. The van der Waals surface area contributed by atoms with Crippen LogP contribution in [0, 0.1) is 0 Å². The molecule has 2 rings (SSSR count). The Hall–Kier alpha value is -1.27. The Labute approximate surface area is 126 Å². The van der Waals surface area contributed by atoms with Gasteiger partial charge in [0.15, 0.2) is 0 Å². The van der Waals surface area contributed by atoms with Gasteiger partial charge < -0.3 is 14.4 Å². The van der Waals surface area contributed by atoms with Gasteiger partial charge in [0, 0.05) is 22.8 Å². The van der Waals surface area contributed by atoms with Crippen molar-refractivity contribution in [2.75, 3.05) is 0 Å². The van der Waals surface area contributed by atoms with E-state index in [2.05, 4.69) is 0 Å². The van der Waals surface area contributed by atoms with Gasteiger partial charge in [0.1, 0.15) is 0 Å². The summed E-state index contributed by atoms with van der Waals surface area (Å²) in [6.45, 7) is 13.9. The highest BCUT2D eigenvalue weighted by Crippen LogP contribution is 2.37. The van der Waals surface area contributed by atoms with Crippen molar-refractivity contribution >= 4 is 18.7 Å². The van der Waals surface area contributed by atoms with E-state index < -0.39 is 24.4 Å². The monoisotopic (exact) mass is 293 g/mol. The first kappa shape index (κ1) is 16.1. The third-order valence-electron chi connectivity index (χ3n) is 4.34. The van der Waals surface area contributed by atoms with Gasteiger partial charge in [-0.05, 0) is 33.8 Å². The third-order valence-corrected chi connectivity index (χ3v) is 4.34. The lowest BCUT2D eigenvalue weighted by molar-refractivity contribution is 0.00578. The van der Waals surface area contributed by atoms with Crippen LogP contribution in [0.1, 0.15) is 54.2 Å². The highest BCUT2D eigenvalue weighted by molar-refractivity contribution is 6.62. The molecule has 5 nitrogen and oxygen atoms in total. The van der Waals surface area contributed by atoms with Gasteiger partial charge >= 0.3 is 13.2 Å². The van der Waals surface area contributed by atoms with Crippen LogP contribution in [0.15, 0.2) is 12.3 Å². The molecule has 0 saturated carbocycles. The maximum atomic E-state index is 11.4. The van der Waals surface area contributed by atoms with Gasteiger partial charge in [0.05, 0.1) is 11.2 Å². The van der Waals surface area contributed by atoms with E-state index in [-0.39, 0.29) is 5.41 Å². The Morgan fingerprint density at radius 2 is 1.67 bits per heavy atom. The lowest BCUT2D eigenvalue weighted by Crippen LogP contribution is -2.41. The molecule has 21 heavy (non-hydrogen) atoms. The normalized spacial score (nSPS) is 20.8. The molecule has 0 amide bonds. The molecule has 0 atom stereocenters. The van der Waals surface area contributed by atoms with E-state index in [0.29, 0.717) is 5.69 Å². The first-order valence-corrected chi connectivity index (χ1v) is 7.17. The van der Waals surface area contributed by atoms with Crippen molar-refractivity contribution in [3.05, 3.63) is 18.0 Å². The predicted molar refractivity (Wildman–Crippen MR) is 82.3 cm³/mol. The molecule has 0 aliphatic carbocycles. The molecule has 1 saturated heterocycles. The fourth-order valence-electron chi connectivity index (χ4n) is 2.56. The summed E-state index contributed by atoms with van der Waals surface area (Å²) >= 11 is 0. The van der Waals surface area contributed by atoms with Crippen LogP contribution in [0.4, 0.5) is 4.79 Å². The predicted octanol–water partition coefficient (Wildman–Crippen LogP) is 2.61. The largest absolute Gasteiger partial charge is 0.496 e. The number of carboxylic acid groups (broad SMARTS) is 1. The van der Waals surface area contributed by atoms with Crippen LogP contribution in [-0.4, -0.2) is 34.1 Å². The molecular weight excluding hydrogens is 269 g/mol. The lowest BCUT2D eigenvalue weighted by atomic mass is 9.73. The molecule has 1 aliphatic heterocycles. The summed E-state index contributed by atoms with van der Waals surface area (Å²) in [4.78, 5) is 11.4. The van der Waals surface area contributed by atoms with E-state index in [9.17, 15) is 9.90 Å². The highest BCUT2D eigenvalue weighted by atomic mass is 16.7. The maximum absolute atomic E-state index is 11.4. The summed E-state index contributed by atoms with van der Waals surface area (Å²) in [5.41, 5.74) is 0.258. The molecule has 2 heterocycles. The summed E-state index contributed by atoms with van der Waals surface area (Å²) in [5, 5.41) is 9.37. The lowest BCUT2D eigenvalue weighted by Gasteiger charge is -2.32. The van der Waals surface area contributed by atoms with Crippen molar-refractivity contribution in [1.82, 2.24) is 4.57 Å². The maximum Gasteiger partial charge on any atom is 0.496 e. The summed E-state index contributed by atoms with van der Waals surface area (Å²) in [6, 6.07) is 1.77. The molecule has 1 aromatic heterocycles. The zero-order valence-corrected chi connectivity index (χ0v) is 13.9. The van der Waals surface area contributed by atoms with Gasteiger partial charge in [0.2, 0.25) is 0 Å². The number of hydrogen-bond acceptors (Lipinski definition) is 3. The van der Waals surface area contributed by atoms with E-state index in [4.69, 9.17) is 9.31 Å². The number of aromatic nitrogens is 1. The minimum atomic E-state index is -0.998. The second-order valence-corrected chi connectivity index (χ2v) is 7.61. The Morgan fingerprint density at radius 3 is 2.05 bits per heavy atom. The zero-order chi connectivity index (χ0) is 16.2. The summed E-state index contributed by atoms with van der Waals surface area (Å²) in [5.74, 6) is 0. The Bertz CT molecular complexity index is 553. The number of hydrogen-bond donors (Lipinski definition) is 1. The van der Waals surface area contributed by atoms with Crippen molar-refractivity contribution in [2.24, 2.45) is 0 Å². The van der Waals surface area contributed by atoms with Crippen molar-refractivity contribution in [3.63, 3.8) is 0 Å². The smallest absolute Gasteiger partial charge is 0.464 e. The van der Waals surface area contributed by atoms with Crippen molar-refractivity contribution in [1.29, 1.82) is 0 Å². The molecule has 116 valence electrons. The average molecular weight is 293 g/mol. The molecule has 0 aromatic carbocycles. The summed E-state index contributed by atoms with van der Waals surface area (Å²) in [7, 11) is -0.551. The van der Waals surface area contributed by atoms with Crippen molar-refractivity contribution in [2.45, 2.75) is 65.1 Å². The second-order valence-electron chi connectivity index (χ2n) is 7.61. The van der Waals surface area contributed by atoms with Gasteiger partial charge in [-0.1, -0.05) is 20.8 Å². The topological polar surface area (TPSA) is 60.7 Å². The van der Waals surface area contributed by atoms with Crippen LogP contribution in [0.2, 0.25) is 0 Å². The van der Waals surface area contributed by atoms with E-state index in [0.717, 1.165) is 5.46 Å². The molecule has 0 unspecified atom stereocenters. The van der Waals surface area contributed by atoms with Gasteiger partial charge in [-0.2, -0.15) is 0 Å². The minimum absolute atomic E-state index is 0.333. The van der Waals surface area contributed by atoms with Crippen LogP contribution < -0.4 is 5.46 Å². The van der Waals surface area contributed by atoms with Crippen molar-refractivity contribution < 1.29 is 19.2 Å². The van der Waals surface area contributed by atoms with E-state index in [1.54, 1.807) is 12.3 Å². The quantitative estimate of drug-likeness (QED) is 0.809. The fraction of sp³-hybridized carbons (Fsp3) is 0.667. The van der Waals surface area contributed by atoms with Gasteiger partial charge in [-0.15, -0.1) is 0 Å². The average Bonchev–Trinajstić information content (AvgIpc) is 2.77. The minimum Gasteiger partial charge on any atom is -0.464 e. The number of carbonyl (C=O) groups is 1. The van der Waals surface area contributed by atoms with E-state index in [1.807, 2.05) is 48.5 Å².